The maximum atomic E-state index is 6.32. The average Bonchev–Trinajstić information content (AvgIpc) is 3.89. The number of fused-ring (bicyclic) bond motifs is 5. The van der Waals surface area contributed by atoms with Gasteiger partial charge in [0, 0.05) is 22.9 Å². The highest BCUT2D eigenvalue weighted by atomic mass is 16.5. The van der Waals surface area contributed by atoms with Crippen LogP contribution in [0.25, 0.3) is 33.1 Å². The number of aromatic nitrogens is 1. The molecule has 2 heteroatoms. The summed E-state index contributed by atoms with van der Waals surface area (Å²) in [4.78, 5) is 0. The van der Waals surface area contributed by atoms with Crippen LogP contribution in [0.1, 0.15) is 89.5 Å². The summed E-state index contributed by atoms with van der Waals surface area (Å²) >= 11 is 0. The summed E-state index contributed by atoms with van der Waals surface area (Å²) in [6.45, 7) is 4.54. The van der Waals surface area contributed by atoms with Crippen LogP contribution in [0.4, 0.5) is 0 Å². The summed E-state index contributed by atoms with van der Waals surface area (Å²) in [6, 6.07) is 34.2. The van der Waals surface area contributed by atoms with Crippen LogP contribution in [0.2, 0.25) is 0 Å². The third kappa shape index (κ3) is 4.93. The second-order valence-electron chi connectivity index (χ2n) is 13.9. The zero-order chi connectivity index (χ0) is 31.5. The zero-order valence-corrected chi connectivity index (χ0v) is 27.5. The lowest BCUT2D eigenvalue weighted by atomic mass is 9.89. The number of rotatable bonds is 7. The van der Waals surface area contributed by atoms with Gasteiger partial charge in [0.05, 0.1) is 11.0 Å². The van der Waals surface area contributed by atoms with Gasteiger partial charge in [-0.2, -0.15) is 0 Å². The number of benzene rings is 5. The molecular weight excluding hydrogens is 571 g/mol. The lowest BCUT2D eigenvalue weighted by molar-refractivity contribution is 0.459. The van der Waals surface area contributed by atoms with E-state index in [1.165, 1.54) is 84.9 Å². The molecule has 47 heavy (non-hydrogen) atoms. The molecule has 0 unspecified atom stereocenters. The number of ether oxygens (including phenoxy) is 1. The first-order chi connectivity index (χ1) is 23.2. The Morgan fingerprint density at radius 1 is 0.787 bits per heavy atom. The Morgan fingerprint density at radius 3 is 2.51 bits per heavy atom. The number of hydrogen-bond donors (Lipinski definition) is 0. The Bertz CT molecular complexity index is 2260. The standard InChI is InChI=1S/C45H41NO/c1-3-11-32-28-37(21-20-33(32)25-35-27-36-26-34-14-7-10-17-42(34)47-43(36)24-29(35)2)46-41-16-9-8-15-39(41)40-23-22-38(30-12-5-4-6-13-30)44(45(40)46)31-18-19-31/h4-5,7-10,12,14-17,20-24,27-28,31H,3,6,11,13,18-19,25-26H2,1-2H3. The molecule has 1 fully saturated rings. The number of aryl methyl sites for hydroxylation is 2. The maximum absolute atomic E-state index is 6.32. The lowest BCUT2D eigenvalue weighted by Gasteiger charge is -2.22. The van der Waals surface area contributed by atoms with E-state index in [4.69, 9.17) is 4.74 Å². The van der Waals surface area contributed by atoms with E-state index in [1.807, 2.05) is 0 Å². The fraction of sp³-hybridized carbons (Fsp3) is 0.244. The van der Waals surface area contributed by atoms with E-state index in [2.05, 4.69) is 128 Å². The summed E-state index contributed by atoms with van der Waals surface area (Å²) in [7, 11) is 0. The van der Waals surface area contributed by atoms with Crippen molar-refractivity contribution < 1.29 is 4.74 Å². The van der Waals surface area contributed by atoms with Crippen molar-refractivity contribution in [3.8, 4) is 17.2 Å². The van der Waals surface area contributed by atoms with Crippen LogP contribution in [0.5, 0.6) is 11.5 Å². The largest absolute Gasteiger partial charge is 0.457 e. The van der Waals surface area contributed by atoms with Crippen LogP contribution in [0.3, 0.4) is 0 Å². The van der Waals surface area contributed by atoms with Gasteiger partial charge in [-0.15, -0.1) is 0 Å². The van der Waals surface area contributed by atoms with Gasteiger partial charge in [-0.3, -0.25) is 0 Å². The minimum Gasteiger partial charge on any atom is -0.457 e. The van der Waals surface area contributed by atoms with Crippen molar-refractivity contribution in [2.75, 3.05) is 0 Å². The van der Waals surface area contributed by atoms with Crippen molar-refractivity contribution >= 4 is 27.4 Å². The molecule has 6 aromatic rings. The molecule has 0 radical (unpaired) electrons. The highest BCUT2D eigenvalue weighted by molar-refractivity contribution is 6.11. The van der Waals surface area contributed by atoms with Crippen LogP contribution >= 0.6 is 0 Å². The predicted molar refractivity (Wildman–Crippen MR) is 196 cm³/mol. The van der Waals surface area contributed by atoms with Crippen molar-refractivity contribution in [1.29, 1.82) is 0 Å². The molecule has 5 aromatic carbocycles. The average molecular weight is 612 g/mol. The molecule has 1 saturated carbocycles. The van der Waals surface area contributed by atoms with Crippen LogP contribution in [-0.4, -0.2) is 4.57 Å². The Kier molecular flexibility index (Phi) is 6.92. The van der Waals surface area contributed by atoms with E-state index in [9.17, 15) is 0 Å². The molecule has 0 bridgehead atoms. The number of nitrogens with zero attached hydrogens (tertiary/aromatic N) is 1. The summed E-state index contributed by atoms with van der Waals surface area (Å²) in [6.07, 6.45) is 15.8. The molecule has 9 rings (SSSR count). The van der Waals surface area contributed by atoms with E-state index in [0.717, 1.165) is 50.0 Å². The summed E-state index contributed by atoms with van der Waals surface area (Å²) in [5, 5.41) is 2.73. The molecule has 0 spiro atoms. The monoisotopic (exact) mass is 611 g/mol. The molecule has 0 amide bonds. The molecule has 232 valence electrons. The second kappa shape index (κ2) is 11.5. The molecule has 3 aliphatic rings. The summed E-state index contributed by atoms with van der Waals surface area (Å²) in [5.41, 5.74) is 16.7. The van der Waals surface area contributed by atoms with Crippen molar-refractivity contribution in [3.63, 3.8) is 0 Å². The van der Waals surface area contributed by atoms with E-state index < -0.39 is 0 Å². The van der Waals surface area contributed by atoms with Crippen LogP contribution in [0, 0.1) is 6.92 Å². The SMILES string of the molecule is CCCc1cc(-n2c3ccccc3c3ccc(C4=CC=CCC4)c(C4CC4)c32)ccc1Cc1cc2c(cc1C)Oc1ccccc1C2. The van der Waals surface area contributed by atoms with Gasteiger partial charge in [0.15, 0.2) is 0 Å². The minimum absolute atomic E-state index is 0.640. The van der Waals surface area contributed by atoms with Gasteiger partial charge in [0.2, 0.25) is 0 Å². The first-order valence-electron chi connectivity index (χ1n) is 17.6. The number of hydrogen-bond acceptors (Lipinski definition) is 1. The third-order valence-corrected chi connectivity index (χ3v) is 10.7. The molecule has 0 atom stereocenters. The smallest absolute Gasteiger partial charge is 0.131 e. The summed E-state index contributed by atoms with van der Waals surface area (Å²) < 4.78 is 8.92. The second-order valence-corrected chi connectivity index (χ2v) is 13.9. The van der Waals surface area contributed by atoms with Gasteiger partial charge in [0.25, 0.3) is 0 Å². The Morgan fingerprint density at radius 2 is 1.66 bits per heavy atom. The van der Waals surface area contributed by atoms with Gasteiger partial charge in [0.1, 0.15) is 11.5 Å². The van der Waals surface area contributed by atoms with Gasteiger partial charge >= 0.3 is 0 Å². The van der Waals surface area contributed by atoms with Crippen molar-refractivity contribution in [2.45, 2.75) is 71.1 Å². The highest BCUT2D eigenvalue weighted by Gasteiger charge is 2.31. The van der Waals surface area contributed by atoms with Gasteiger partial charge in [-0.1, -0.05) is 92.2 Å². The Balaban J connectivity index is 1.17. The summed E-state index contributed by atoms with van der Waals surface area (Å²) in [5.74, 6) is 2.63. The number of allylic oxidation sites excluding steroid dienone is 4. The first-order valence-corrected chi connectivity index (χ1v) is 17.6. The Hall–Kier alpha value is -4.82. The van der Waals surface area contributed by atoms with Crippen molar-refractivity contribution in [1.82, 2.24) is 4.57 Å². The zero-order valence-electron chi connectivity index (χ0n) is 27.5. The highest BCUT2D eigenvalue weighted by Crippen LogP contribution is 2.49. The van der Waals surface area contributed by atoms with Crippen molar-refractivity contribution in [2.24, 2.45) is 0 Å². The van der Waals surface area contributed by atoms with Gasteiger partial charge < -0.3 is 9.30 Å². The molecule has 2 aliphatic carbocycles. The van der Waals surface area contributed by atoms with Gasteiger partial charge in [-0.05, 0) is 132 Å². The maximum Gasteiger partial charge on any atom is 0.131 e. The van der Waals surface area contributed by atoms with Crippen molar-refractivity contribution in [3.05, 3.63) is 154 Å². The van der Waals surface area contributed by atoms with E-state index in [0.29, 0.717) is 5.92 Å². The van der Waals surface area contributed by atoms with Gasteiger partial charge in [-0.25, -0.2) is 0 Å². The van der Waals surface area contributed by atoms with E-state index in [1.54, 1.807) is 5.56 Å². The topological polar surface area (TPSA) is 14.2 Å². The third-order valence-electron chi connectivity index (χ3n) is 10.7. The van der Waals surface area contributed by atoms with Crippen LogP contribution in [0.15, 0.2) is 109 Å². The van der Waals surface area contributed by atoms with Crippen LogP contribution < -0.4 is 4.74 Å². The quantitative estimate of drug-likeness (QED) is 0.175. The molecule has 0 saturated heterocycles. The fourth-order valence-electron chi connectivity index (χ4n) is 8.15. The molecule has 2 heterocycles. The molecule has 2 nitrogen and oxygen atoms in total. The lowest BCUT2D eigenvalue weighted by Crippen LogP contribution is -2.06. The fourth-order valence-corrected chi connectivity index (χ4v) is 8.15. The predicted octanol–water partition coefficient (Wildman–Crippen LogP) is 11.9. The molecular formula is C45H41NO. The number of para-hydroxylation sites is 2. The van der Waals surface area contributed by atoms with Crippen LogP contribution in [-0.2, 0) is 19.3 Å². The van der Waals surface area contributed by atoms with E-state index in [-0.39, 0.29) is 0 Å². The Labute approximate surface area is 278 Å². The minimum atomic E-state index is 0.640. The molecule has 1 aliphatic heterocycles. The molecule has 1 aromatic heterocycles. The normalized spacial score (nSPS) is 15.4. The molecule has 0 N–H and O–H groups in total. The first kappa shape index (κ1) is 28.4. The van der Waals surface area contributed by atoms with E-state index >= 15 is 0 Å².